The van der Waals surface area contributed by atoms with Crippen LogP contribution >= 0.6 is 0 Å². The molecule has 0 amide bonds. The van der Waals surface area contributed by atoms with Crippen LogP contribution in [0, 0.1) is 0 Å². The Kier molecular flexibility index (Phi) is 2.72. The molecule has 0 saturated carbocycles. The van der Waals surface area contributed by atoms with Gasteiger partial charge in [0.25, 0.3) is 0 Å². The molecule has 2 aromatic carbocycles. The predicted octanol–water partition coefficient (Wildman–Crippen LogP) is 1.97. The maximum atomic E-state index is 10.6. The van der Waals surface area contributed by atoms with E-state index in [1.165, 1.54) is 6.07 Å². The zero-order chi connectivity index (χ0) is 14.3. The van der Waals surface area contributed by atoms with Gasteiger partial charge in [-0.15, -0.1) is 0 Å². The highest BCUT2D eigenvalue weighted by Crippen LogP contribution is 2.48. The Morgan fingerprint density at radius 1 is 1.00 bits per heavy atom. The minimum absolute atomic E-state index is 0.162. The molecule has 20 heavy (non-hydrogen) atoms. The first-order valence-corrected chi connectivity index (χ1v) is 6.25. The zero-order valence-corrected chi connectivity index (χ0v) is 10.6. The van der Waals surface area contributed by atoms with Crippen LogP contribution in [0.25, 0.3) is 0 Å². The van der Waals surface area contributed by atoms with Crippen molar-refractivity contribution in [3.63, 3.8) is 0 Å². The summed E-state index contributed by atoms with van der Waals surface area (Å²) in [6.07, 6.45) is 0.558. The number of phenols is 3. The summed E-state index contributed by atoms with van der Waals surface area (Å²) in [7, 11) is 0. The molecule has 0 fully saturated rings. The van der Waals surface area contributed by atoms with Gasteiger partial charge in [-0.2, -0.15) is 0 Å². The summed E-state index contributed by atoms with van der Waals surface area (Å²) in [5.74, 6) is -2.81. The zero-order valence-electron chi connectivity index (χ0n) is 10.6. The molecule has 0 bridgehead atoms. The third-order valence-electron chi connectivity index (χ3n) is 3.54. The Bertz CT molecular complexity index is 653. The molecule has 0 radical (unpaired) electrons. The number of rotatable bonds is 1. The van der Waals surface area contributed by atoms with Crippen LogP contribution in [0.4, 0.5) is 0 Å². The smallest absolute Gasteiger partial charge is 0.235 e. The molecule has 0 spiro atoms. The topological polar surface area (TPSA) is 90.2 Å². The van der Waals surface area contributed by atoms with Crippen molar-refractivity contribution in [3.05, 3.63) is 47.5 Å². The lowest BCUT2D eigenvalue weighted by molar-refractivity contribution is -0.158. The third-order valence-corrected chi connectivity index (χ3v) is 3.54. The summed E-state index contributed by atoms with van der Waals surface area (Å²) in [6, 6.07) is 10.1. The highest BCUT2D eigenvalue weighted by Gasteiger charge is 2.37. The molecule has 0 saturated heterocycles. The average Bonchev–Trinajstić information content (AvgIpc) is 2.46. The van der Waals surface area contributed by atoms with Crippen molar-refractivity contribution < 1.29 is 25.2 Å². The van der Waals surface area contributed by atoms with Gasteiger partial charge in [0.15, 0.2) is 11.5 Å². The molecule has 1 aliphatic rings. The van der Waals surface area contributed by atoms with E-state index < -0.39 is 23.0 Å². The number of ether oxygens (including phenoxy) is 1. The van der Waals surface area contributed by atoms with Gasteiger partial charge >= 0.3 is 0 Å². The van der Waals surface area contributed by atoms with Gasteiger partial charge in [0.05, 0.1) is 0 Å². The minimum Gasteiger partial charge on any atom is -0.504 e. The Morgan fingerprint density at radius 2 is 1.70 bits per heavy atom. The van der Waals surface area contributed by atoms with Gasteiger partial charge in [0.2, 0.25) is 11.5 Å². The standard InChI is InChI=1S/C15H14O5/c16-11-8-12-10(13(17)14(11)18)6-7-15(19,20-12)9-4-2-1-3-5-9/h1-5,8,16-19H,6-7H2/t15-/m0/s1. The first kappa shape index (κ1) is 12.6. The molecular weight excluding hydrogens is 260 g/mol. The molecule has 104 valence electrons. The van der Waals surface area contributed by atoms with Crippen molar-refractivity contribution in [2.75, 3.05) is 0 Å². The fraction of sp³-hybridized carbons (Fsp3) is 0.200. The largest absolute Gasteiger partial charge is 0.504 e. The molecule has 0 aromatic heterocycles. The van der Waals surface area contributed by atoms with Crippen molar-refractivity contribution in [1.29, 1.82) is 0 Å². The van der Waals surface area contributed by atoms with E-state index in [0.717, 1.165) is 0 Å². The van der Waals surface area contributed by atoms with Gasteiger partial charge < -0.3 is 25.2 Å². The van der Waals surface area contributed by atoms with E-state index in [9.17, 15) is 20.4 Å². The van der Waals surface area contributed by atoms with Crippen molar-refractivity contribution in [2.24, 2.45) is 0 Å². The van der Waals surface area contributed by atoms with Crippen LogP contribution < -0.4 is 4.74 Å². The second-order valence-corrected chi connectivity index (χ2v) is 4.82. The number of aromatic hydroxyl groups is 3. The van der Waals surface area contributed by atoms with E-state index in [-0.39, 0.29) is 12.2 Å². The van der Waals surface area contributed by atoms with Crippen LogP contribution in [-0.4, -0.2) is 20.4 Å². The maximum Gasteiger partial charge on any atom is 0.235 e. The van der Waals surface area contributed by atoms with Gasteiger partial charge in [-0.3, -0.25) is 0 Å². The first-order valence-electron chi connectivity index (χ1n) is 6.25. The highest BCUT2D eigenvalue weighted by atomic mass is 16.6. The fourth-order valence-electron chi connectivity index (χ4n) is 2.42. The summed E-state index contributed by atoms with van der Waals surface area (Å²) in [5.41, 5.74) is 0.971. The molecular formula is C15H14O5. The molecule has 5 nitrogen and oxygen atoms in total. The lowest BCUT2D eigenvalue weighted by Crippen LogP contribution is -2.36. The quantitative estimate of drug-likeness (QED) is 0.597. The normalized spacial score (nSPS) is 21.1. The summed E-state index contributed by atoms with van der Waals surface area (Å²) in [4.78, 5) is 0. The average molecular weight is 274 g/mol. The minimum atomic E-state index is -1.51. The molecule has 4 N–H and O–H groups in total. The molecule has 3 rings (SSSR count). The number of fused-ring (bicyclic) bond motifs is 1. The van der Waals surface area contributed by atoms with Crippen LogP contribution in [0.1, 0.15) is 17.5 Å². The van der Waals surface area contributed by atoms with E-state index in [4.69, 9.17) is 4.74 Å². The van der Waals surface area contributed by atoms with Crippen LogP contribution in [0.3, 0.4) is 0 Å². The van der Waals surface area contributed by atoms with Gasteiger partial charge in [-0.1, -0.05) is 30.3 Å². The van der Waals surface area contributed by atoms with Gasteiger partial charge in [0.1, 0.15) is 5.75 Å². The Morgan fingerprint density at radius 3 is 2.40 bits per heavy atom. The molecule has 1 heterocycles. The molecule has 1 atom stereocenters. The van der Waals surface area contributed by atoms with E-state index in [2.05, 4.69) is 0 Å². The van der Waals surface area contributed by atoms with Crippen molar-refractivity contribution in [1.82, 2.24) is 0 Å². The highest BCUT2D eigenvalue weighted by molar-refractivity contribution is 5.60. The number of phenolic OH excluding ortho intramolecular Hbond substituents is 3. The second kappa shape index (κ2) is 4.31. The number of aliphatic hydroxyl groups is 1. The second-order valence-electron chi connectivity index (χ2n) is 4.82. The van der Waals surface area contributed by atoms with Crippen LogP contribution in [0.5, 0.6) is 23.0 Å². The number of hydrogen-bond donors (Lipinski definition) is 4. The number of hydrogen-bond acceptors (Lipinski definition) is 5. The lowest BCUT2D eigenvalue weighted by atomic mass is 9.93. The summed E-state index contributed by atoms with van der Waals surface area (Å²) in [6.45, 7) is 0. The van der Waals surface area contributed by atoms with E-state index in [1.807, 2.05) is 6.07 Å². The predicted molar refractivity (Wildman–Crippen MR) is 70.7 cm³/mol. The molecule has 2 aromatic rings. The Balaban J connectivity index is 2.05. The van der Waals surface area contributed by atoms with Crippen LogP contribution in [0.2, 0.25) is 0 Å². The van der Waals surface area contributed by atoms with Crippen molar-refractivity contribution >= 4 is 0 Å². The summed E-state index contributed by atoms with van der Waals surface area (Å²) >= 11 is 0. The molecule has 0 aliphatic carbocycles. The first-order chi connectivity index (χ1) is 9.51. The SMILES string of the molecule is Oc1cc2c(c(O)c1O)CC[C@@](O)(c1ccccc1)O2. The van der Waals surface area contributed by atoms with E-state index in [1.54, 1.807) is 24.3 Å². The van der Waals surface area contributed by atoms with Gasteiger partial charge in [0, 0.05) is 23.6 Å². The third kappa shape index (κ3) is 1.83. The fourth-order valence-corrected chi connectivity index (χ4v) is 2.42. The summed E-state index contributed by atoms with van der Waals surface area (Å²) in [5, 5.41) is 39.4. The van der Waals surface area contributed by atoms with E-state index >= 15 is 0 Å². The molecule has 1 aliphatic heterocycles. The van der Waals surface area contributed by atoms with Crippen molar-refractivity contribution in [3.8, 4) is 23.0 Å². The van der Waals surface area contributed by atoms with Crippen LogP contribution in [-0.2, 0) is 12.2 Å². The number of benzene rings is 2. The monoisotopic (exact) mass is 274 g/mol. The van der Waals surface area contributed by atoms with Gasteiger partial charge in [-0.05, 0) is 6.42 Å². The Hall–Kier alpha value is -2.40. The lowest BCUT2D eigenvalue weighted by Gasteiger charge is -2.34. The van der Waals surface area contributed by atoms with Crippen LogP contribution in [0.15, 0.2) is 36.4 Å². The summed E-state index contributed by atoms with van der Waals surface area (Å²) < 4.78 is 5.55. The maximum absolute atomic E-state index is 10.6. The molecule has 0 unspecified atom stereocenters. The van der Waals surface area contributed by atoms with E-state index in [0.29, 0.717) is 17.5 Å². The Labute approximate surface area is 115 Å². The van der Waals surface area contributed by atoms with Crippen molar-refractivity contribution in [2.45, 2.75) is 18.6 Å². The van der Waals surface area contributed by atoms with Gasteiger partial charge in [-0.25, -0.2) is 0 Å². The molecule has 5 heteroatoms.